The molecule has 3 amide bonds. The topological polar surface area (TPSA) is 132 Å². The van der Waals surface area contributed by atoms with Crippen LogP contribution in [0.3, 0.4) is 0 Å². The third-order valence-electron chi connectivity index (χ3n) is 7.40. The van der Waals surface area contributed by atoms with Gasteiger partial charge in [0.1, 0.15) is 17.8 Å². The quantitative estimate of drug-likeness (QED) is 0.621. The van der Waals surface area contributed by atoms with Crippen LogP contribution in [0, 0.1) is 34.0 Å². The summed E-state index contributed by atoms with van der Waals surface area (Å²) in [4.78, 5) is 40.0. The van der Waals surface area contributed by atoms with E-state index in [2.05, 4.69) is 15.5 Å². The van der Waals surface area contributed by atoms with E-state index in [0.717, 1.165) is 0 Å². The van der Waals surface area contributed by atoms with Gasteiger partial charge in [0.05, 0.1) is 17.8 Å². The first kappa shape index (κ1) is 26.4. The van der Waals surface area contributed by atoms with Gasteiger partial charge in [0.2, 0.25) is 11.8 Å². The average Bonchev–Trinajstić information content (AvgIpc) is 3.21. The van der Waals surface area contributed by atoms with E-state index in [1.807, 2.05) is 25.2 Å². The maximum Gasteiger partial charge on any atom is 0.471 e. The molecule has 0 bridgehead atoms. The van der Waals surface area contributed by atoms with E-state index in [0.29, 0.717) is 5.52 Å². The Morgan fingerprint density at radius 3 is 2.43 bits per heavy atom. The van der Waals surface area contributed by atoms with Crippen LogP contribution >= 0.6 is 0 Å². The Labute approximate surface area is 211 Å². The standard InChI is InChI=1S/C24H28F3N7O3/c1-22(2,3)18(31-21(37)24(25,26)27)20(36)33-11-13-16(23(13,4)5)17(33)19(35)30-15(10-28)14-7-6-12-8-9-29-34(12)32-14/h6-9,13,15-18H,11H2,1-5H3,(H,30,35)(H,31,37)/t13-,15?,16-,17-,18+/m0/s1. The fourth-order valence-electron chi connectivity index (χ4n) is 5.22. The van der Waals surface area contributed by atoms with Crippen molar-refractivity contribution in [3.63, 3.8) is 0 Å². The molecule has 4 rings (SSSR count). The summed E-state index contributed by atoms with van der Waals surface area (Å²) in [5, 5.41) is 22.5. The predicted octanol–water partition coefficient (Wildman–Crippen LogP) is 1.99. The maximum atomic E-state index is 13.6. The smallest absolute Gasteiger partial charge is 0.336 e. The molecule has 1 saturated heterocycles. The highest BCUT2D eigenvalue weighted by molar-refractivity contribution is 5.95. The zero-order valence-electron chi connectivity index (χ0n) is 21.0. The van der Waals surface area contributed by atoms with Crippen molar-refractivity contribution in [1.82, 2.24) is 30.4 Å². The highest BCUT2D eigenvalue weighted by atomic mass is 19.4. The number of hydrogen-bond acceptors (Lipinski definition) is 6. The Kier molecular flexibility index (Phi) is 6.21. The number of alkyl halides is 3. The summed E-state index contributed by atoms with van der Waals surface area (Å²) in [7, 11) is 0. The number of carbonyl (C=O) groups excluding carboxylic acids is 3. The van der Waals surface area contributed by atoms with E-state index >= 15 is 0 Å². The van der Waals surface area contributed by atoms with Gasteiger partial charge in [0.15, 0.2) is 6.04 Å². The molecule has 1 aliphatic heterocycles. The minimum atomic E-state index is -5.17. The second-order valence-corrected chi connectivity index (χ2v) is 11.2. The predicted molar refractivity (Wildman–Crippen MR) is 123 cm³/mol. The lowest BCUT2D eigenvalue weighted by Gasteiger charge is -2.37. The molecule has 2 aromatic rings. The van der Waals surface area contributed by atoms with Crippen LogP contribution in [0.4, 0.5) is 13.2 Å². The molecule has 0 aromatic carbocycles. The minimum absolute atomic E-state index is 0.0507. The van der Waals surface area contributed by atoms with E-state index in [4.69, 9.17) is 0 Å². The fraction of sp³-hybridized carbons (Fsp3) is 0.583. The second-order valence-electron chi connectivity index (χ2n) is 11.2. The Hall–Kier alpha value is -3.69. The summed E-state index contributed by atoms with van der Waals surface area (Å²) in [6.45, 7) is 8.65. The van der Waals surface area contributed by atoms with Crippen molar-refractivity contribution >= 4 is 23.2 Å². The van der Waals surface area contributed by atoms with Gasteiger partial charge in [-0.15, -0.1) is 0 Å². The number of hydrogen-bond donors (Lipinski definition) is 2. The molecule has 1 aliphatic carbocycles. The molecular formula is C24H28F3N7O3. The molecule has 2 aliphatic rings. The molecule has 0 radical (unpaired) electrons. The van der Waals surface area contributed by atoms with E-state index in [1.54, 1.807) is 18.2 Å². The van der Waals surface area contributed by atoms with Gasteiger partial charge < -0.3 is 15.5 Å². The molecule has 0 spiro atoms. The van der Waals surface area contributed by atoms with Crippen molar-refractivity contribution < 1.29 is 27.6 Å². The number of halogens is 3. The molecule has 5 atom stereocenters. The number of piperidine rings is 1. The zero-order valence-corrected chi connectivity index (χ0v) is 21.0. The van der Waals surface area contributed by atoms with Gasteiger partial charge in [-0.3, -0.25) is 14.4 Å². The summed E-state index contributed by atoms with van der Waals surface area (Å²) in [5.41, 5.74) is -0.422. The van der Waals surface area contributed by atoms with Gasteiger partial charge in [0.25, 0.3) is 0 Å². The van der Waals surface area contributed by atoms with E-state index in [9.17, 15) is 32.8 Å². The molecule has 1 unspecified atom stereocenters. The summed E-state index contributed by atoms with van der Waals surface area (Å²) in [6, 6.07) is 3.28. The maximum absolute atomic E-state index is 13.6. The molecule has 2 aromatic heterocycles. The van der Waals surface area contributed by atoms with E-state index in [-0.39, 0.29) is 29.5 Å². The van der Waals surface area contributed by atoms with Crippen LogP contribution in [0.2, 0.25) is 0 Å². The Bertz CT molecular complexity index is 1290. The number of nitriles is 1. The minimum Gasteiger partial charge on any atom is -0.336 e. The normalized spacial score (nSPS) is 24.1. The Morgan fingerprint density at radius 2 is 1.84 bits per heavy atom. The molecule has 2 fully saturated rings. The molecule has 1 saturated carbocycles. The SMILES string of the molecule is CC(C)(C)[C@H](NC(=O)C(F)(F)F)C(=O)N1C[C@H]2[C@@H]([C@H]1C(=O)NC(C#N)c1ccc3ccnn3n1)C2(C)C. The van der Waals surface area contributed by atoms with Gasteiger partial charge in [-0.05, 0) is 40.9 Å². The number of likely N-dealkylation sites (tertiary alicyclic amines) is 1. The summed E-state index contributed by atoms with van der Waals surface area (Å²) in [6.07, 6.45) is -3.63. The second kappa shape index (κ2) is 8.71. The number of amides is 3. The van der Waals surface area contributed by atoms with Crippen LogP contribution in [-0.2, 0) is 14.4 Å². The van der Waals surface area contributed by atoms with Crippen molar-refractivity contribution in [3.8, 4) is 6.07 Å². The highest BCUT2D eigenvalue weighted by Gasteiger charge is 2.70. The molecule has 3 heterocycles. The van der Waals surface area contributed by atoms with Crippen molar-refractivity contribution in [1.29, 1.82) is 5.26 Å². The molecule has 198 valence electrons. The van der Waals surface area contributed by atoms with Crippen LogP contribution in [-0.4, -0.2) is 62.3 Å². The molecular weight excluding hydrogens is 491 g/mol. The largest absolute Gasteiger partial charge is 0.471 e. The lowest BCUT2D eigenvalue weighted by Crippen LogP contribution is -2.60. The van der Waals surface area contributed by atoms with Crippen LogP contribution in [0.25, 0.3) is 5.52 Å². The summed E-state index contributed by atoms with van der Waals surface area (Å²) < 4.78 is 40.3. The summed E-state index contributed by atoms with van der Waals surface area (Å²) in [5.74, 6) is -3.93. The van der Waals surface area contributed by atoms with Gasteiger partial charge in [-0.1, -0.05) is 34.6 Å². The van der Waals surface area contributed by atoms with Crippen molar-refractivity contribution in [2.24, 2.45) is 22.7 Å². The van der Waals surface area contributed by atoms with E-state index in [1.165, 1.54) is 36.5 Å². The van der Waals surface area contributed by atoms with Crippen LogP contribution in [0.5, 0.6) is 0 Å². The number of carbonyl (C=O) groups is 3. The molecule has 2 N–H and O–H groups in total. The Morgan fingerprint density at radius 1 is 1.16 bits per heavy atom. The number of aromatic nitrogens is 3. The monoisotopic (exact) mass is 519 g/mol. The molecule has 13 heteroatoms. The molecule has 10 nitrogen and oxygen atoms in total. The first-order valence-electron chi connectivity index (χ1n) is 11.8. The number of rotatable bonds is 5. The van der Waals surface area contributed by atoms with Gasteiger partial charge >= 0.3 is 12.1 Å². The van der Waals surface area contributed by atoms with Gasteiger partial charge in [-0.25, -0.2) is 0 Å². The van der Waals surface area contributed by atoms with Crippen molar-refractivity contribution in [3.05, 3.63) is 30.1 Å². The highest BCUT2D eigenvalue weighted by Crippen LogP contribution is 2.65. The fourth-order valence-corrected chi connectivity index (χ4v) is 5.22. The van der Waals surface area contributed by atoms with Crippen LogP contribution in [0.1, 0.15) is 46.4 Å². The third kappa shape index (κ3) is 4.72. The first-order chi connectivity index (χ1) is 17.1. The van der Waals surface area contributed by atoms with Gasteiger partial charge in [0, 0.05) is 6.54 Å². The van der Waals surface area contributed by atoms with Crippen LogP contribution < -0.4 is 10.6 Å². The molecule has 37 heavy (non-hydrogen) atoms. The van der Waals surface area contributed by atoms with E-state index < -0.39 is 47.4 Å². The number of nitrogens with zero attached hydrogens (tertiary/aromatic N) is 5. The van der Waals surface area contributed by atoms with Crippen molar-refractivity contribution in [2.45, 2.75) is 58.9 Å². The Balaban J connectivity index is 1.60. The van der Waals surface area contributed by atoms with Crippen LogP contribution in [0.15, 0.2) is 24.4 Å². The van der Waals surface area contributed by atoms with Crippen molar-refractivity contribution in [2.75, 3.05) is 6.54 Å². The summed E-state index contributed by atoms with van der Waals surface area (Å²) >= 11 is 0. The zero-order chi connectivity index (χ0) is 27.5. The lowest BCUT2D eigenvalue weighted by molar-refractivity contribution is -0.176. The average molecular weight is 520 g/mol. The van der Waals surface area contributed by atoms with Gasteiger partial charge in [-0.2, -0.15) is 33.3 Å². The number of nitrogens with one attached hydrogen (secondary N) is 2. The first-order valence-corrected chi connectivity index (χ1v) is 11.8. The third-order valence-corrected chi connectivity index (χ3v) is 7.40. The lowest BCUT2D eigenvalue weighted by atomic mass is 9.85. The number of fused-ring (bicyclic) bond motifs is 2.